The lowest BCUT2D eigenvalue weighted by Crippen LogP contribution is -2.25. The van der Waals surface area contributed by atoms with Gasteiger partial charge in [0.1, 0.15) is 0 Å². The summed E-state index contributed by atoms with van der Waals surface area (Å²) in [5, 5.41) is 21.1. The molecular weight excluding hydrogens is 252 g/mol. The minimum Gasteiger partial charge on any atom is -0.288 e. The number of para-hydroxylation sites is 1. The van der Waals surface area contributed by atoms with Crippen LogP contribution in [-0.4, -0.2) is 32.0 Å². The summed E-state index contributed by atoms with van der Waals surface area (Å²) in [4.78, 5) is 22.8. The average Bonchev–Trinajstić information content (AvgIpc) is 2.91. The fourth-order valence-corrected chi connectivity index (χ4v) is 1.53. The minimum absolute atomic E-state index is 0.169. The van der Waals surface area contributed by atoms with Gasteiger partial charge < -0.3 is 0 Å². The van der Waals surface area contributed by atoms with Crippen molar-refractivity contribution in [1.29, 1.82) is 0 Å². The maximum absolute atomic E-state index is 11.4. The molecule has 0 spiro atoms. The molecule has 0 bridgehead atoms. The molecule has 8 heteroatoms. The Bertz CT molecular complexity index is 575. The van der Waals surface area contributed by atoms with E-state index in [1.54, 1.807) is 30.3 Å². The Balaban J connectivity index is 2.52. The first-order chi connectivity index (χ1) is 9.17. The van der Waals surface area contributed by atoms with Gasteiger partial charge in [0, 0.05) is 6.20 Å². The number of hydrogen-bond donors (Lipinski definition) is 4. The zero-order valence-electron chi connectivity index (χ0n) is 9.57. The van der Waals surface area contributed by atoms with E-state index in [4.69, 9.17) is 10.4 Å². The number of nitrogens with one attached hydrogen (secondary N) is 2. The van der Waals surface area contributed by atoms with Crippen molar-refractivity contribution in [1.82, 2.24) is 20.7 Å². The summed E-state index contributed by atoms with van der Waals surface area (Å²) in [5.74, 6) is -1.85. The normalized spacial score (nSPS) is 10.0. The third-order valence-corrected chi connectivity index (χ3v) is 2.40. The van der Waals surface area contributed by atoms with Crippen LogP contribution in [0.5, 0.6) is 0 Å². The van der Waals surface area contributed by atoms with Gasteiger partial charge in [0.15, 0.2) is 5.69 Å². The highest BCUT2D eigenvalue weighted by Crippen LogP contribution is 2.12. The molecule has 0 aliphatic rings. The maximum atomic E-state index is 11.4. The van der Waals surface area contributed by atoms with Gasteiger partial charge in [-0.2, -0.15) is 5.10 Å². The van der Waals surface area contributed by atoms with Crippen LogP contribution in [0.4, 0.5) is 0 Å². The number of rotatable bonds is 3. The topological polar surface area (TPSA) is 116 Å². The average molecular weight is 262 g/mol. The quantitative estimate of drug-likeness (QED) is 0.462. The number of hydroxylamine groups is 2. The molecule has 0 unspecified atom stereocenters. The molecule has 2 aromatic rings. The maximum Gasteiger partial charge on any atom is 0.295 e. The lowest BCUT2D eigenvalue weighted by atomic mass is 10.2. The molecule has 0 saturated heterocycles. The van der Waals surface area contributed by atoms with Gasteiger partial charge >= 0.3 is 0 Å². The summed E-state index contributed by atoms with van der Waals surface area (Å²) >= 11 is 0. The van der Waals surface area contributed by atoms with Crippen molar-refractivity contribution in [3.05, 3.63) is 47.8 Å². The largest absolute Gasteiger partial charge is 0.295 e. The molecule has 2 amide bonds. The van der Waals surface area contributed by atoms with E-state index in [1.807, 2.05) is 0 Å². The highest BCUT2D eigenvalue weighted by molar-refractivity contribution is 6.05. The molecule has 19 heavy (non-hydrogen) atoms. The second-order valence-corrected chi connectivity index (χ2v) is 3.55. The second-order valence-electron chi connectivity index (χ2n) is 3.55. The van der Waals surface area contributed by atoms with Gasteiger partial charge in [0.25, 0.3) is 11.8 Å². The summed E-state index contributed by atoms with van der Waals surface area (Å²) in [6.07, 6.45) is 1.27. The lowest BCUT2D eigenvalue weighted by molar-refractivity contribution is 0.0669. The van der Waals surface area contributed by atoms with Crippen LogP contribution in [0, 0.1) is 0 Å². The van der Waals surface area contributed by atoms with Gasteiger partial charge in [0.05, 0.1) is 11.3 Å². The molecule has 1 aromatic carbocycles. The van der Waals surface area contributed by atoms with Crippen LogP contribution in [0.1, 0.15) is 20.8 Å². The lowest BCUT2D eigenvalue weighted by Gasteiger charge is -1.99. The Morgan fingerprint density at radius 1 is 1.05 bits per heavy atom. The smallest absolute Gasteiger partial charge is 0.288 e. The third kappa shape index (κ3) is 2.44. The van der Waals surface area contributed by atoms with Crippen LogP contribution >= 0.6 is 0 Å². The molecule has 0 fully saturated rings. The van der Waals surface area contributed by atoms with Gasteiger partial charge in [-0.25, -0.2) is 15.6 Å². The van der Waals surface area contributed by atoms with Crippen LogP contribution in [0.3, 0.4) is 0 Å². The molecule has 0 aliphatic carbocycles. The number of aromatic nitrogens is 2. The number of amides is 2. The fourth-order valence-electron chi connectivity index (χ4n) is 1.53. The highest BCUT2D eigenvalue weighted by Gasteiger charge is 2.22. The van der Waals surface area contributed by atoms with E-state index < -0.39 is 11.8 Å². The van der Waals surface area contributed by atoms with Gasteiger partial charge in [-0.15, -0.1) is 0 Å². The number of carbonyl (C=O) groups excluding carboxylic acids is 2. The van der Waals surface area contributed by atoms with Crippen LogP contribution in [0.2, 0.25) is 0 Å². The fraction of sp³-hybridized carbons (Fsp3) is 0. The highest BCUT2D eigenvalue weighted by atomic mass is 16.5. The van der Waals surface area contributed by atoms with Crippen molar-refractivity contribution in [2.75, 3.05) is 0 Å². The van der Waals surface area contributed by atoms with Crippen LogP contribution in [0.25, 0.3) is 5.69 Å². The SMILES string of the molecule is O=C(NO)c1cn(-c2ccccc2)nc1C(=O)NO. The van der Waals surface area contributed by atoms with Gasteiger partial charge in [-0.1, -0.05) is 18.2 Å². The van der Waals surface area contributed by atoms with E-state index >= 15 is 0 Å². The Morgan fingerprint density at radius 3 is 2.26 bits per heavy atom. The first-order valence-electron chi connectivity index (χ1n) is 5.21. The minimum atomic E-state index is -0.951. The van der Waals surface area contributed by atoms with Crippen molar-refractivity contribution in [3.8, 4) is 5.69 Å². The van der Waals surface area contributed by atoms with E-state index in [-0.39, 0.29) is 11.3 Å². The number of nitrogens with zero attached hydrogens (tertiary/aromatic N) is 2. The first kappa shape index (κ1) is 12.7. The monoisotopic (exact) mass is 262 g/mol. The molecule has 0 saturated carbocycles. The van der Waals surface area contributed by atoms with Gasteiger partial charge in [-0.05, 0) is 12.1 Å². The standard InChI is InChI=1S/C11H10N4O4/c16-10(13-18)8-6-15(7-4-2-1-3-5-7)12-9(8)11(17)14-19/h1-6,18-19H,(H,13,16)(H,14,17). The predicted octanol–water partition coefficient (Wildman–Crippen LogP) is 0.110. The number of carbonyl (C=O) groups is 2. The van der Waals surface area contributed by atoms with Crippen molar-refractivity contribution < 1.29 is 20.0 Å². The van der Waals surface area contributed by atoms with E-state index in [2.05, 4.69) is 5.10 Å². The molecule has 2 rings (SSSR count). The van der Waals surface area contributed by atoms with Gasteiger partial charge in [-0.3, -0.25) is 20.0 Å². The summed E-state index contributed by atoms with van der Waals surface area (Å²) in [6.45, 7) is 0. The molecule has 0 aliphatic heterocycles. The van der Waals surface area contributed by atoms with E-state index in [9.17, 15) is 9.59 Å². The number of hydrogen-bond acceptors (Lipinski definition) is 5. The van der Waals surface area contributed by atoms with Crippen molar-refractivity contribution in [2.24, 2.45) is 0 Å². The molecule has 8 nitrogen and oxygen atoms in total. The number of benzene rings is 1. The van der Waals surface area contributed by atoms with Crippen molar-refractivity contribution in [3.63, 3.8) is 0 Å². The Kier molecular flexibility index (Phi) is 3.55. The molecule has 98 valence electrons. The molecule has 0 radical (unpaired) electrons. The zero-order chi connectivity index (χ0) is 13.8. The predicted molar refractivity (Wildman–Crippen MR) is 62.1 cm³/mol. The van der Waals surface area contributed by atoms with Crippen molar-refractivity contribution in [2.45, 2.75) is 0 Å². The van der Waals surface area contributed by atoms with Crippen LogP contribution < -0.4 is 11.0 Å². The Labute approximate surface area is 107 Å². The molecule has 1 heterocycles. The summed E-state index contributed by atoms with van der Waals surface area (Å²) < 4.78 is 1.29. The molecular formula is C11H10N4O4. The van der Waals surface area contributed by atoms with Crippen LogP contribution in [-0.2, 0) is 0 Å². The zero-order valence-corrected chi connectivity index (χ0v) is 9.57. The second kappa shape index (κ2) is 5.29. The third-order valence-electron chi connectivity index (χ3n) is 2.40. The molecule has 0 atom stereocenters. The van der Waals surface area contributed by atoms with E-state index in [0.29, 0.717) is 5.69 Å². The summed E-state index contributed by atoms with van der Waals surface area (Å²) in [6, 6.07) is 8.75. The van der Waals surface area contributed by atoms with Crippen molar-refractivity contribution >= 4 is 11.8 Å². The molecule has 4 N–H and O–H groups in total. The Morgan fingerprint density at radius 2 is 1.68 bits per heavy atom. The molecule has 1 aromatic heterocycles. The van der Waals surface area contributed by atoms with Crippen LogP contribution in [0.15, 0.2) is 36.5 Å². The van der Waals surface area contributed by atoms with E-state index in [0.717, 1.165) is 0 Å². The summed E-state index contributed by atoms with van der Waals surface area (Å²) in [5.41, 5.74) is 2.94. The Hall–Kier alpha value is -2.71. The van der Waals surface area contributed by atoms with Gasteiger partial charge in [0.2, 0.25) is 0 Å². The van der Waals surface area contributed by atoms with E-state index in [1.165, 1.54) is 21.8 Å². The first-order valence-corrected chi connectivity index (χ1v) is 5.21. The summed E-state index contributed by atoms with van der Waals surface area (Å²) in [7, 11) is 0.